The summed E-state index contributed by atoms with van der Waals surface area (Å²) < 4.78 is 5.74. The van der Waals surface area contributed by atoms with Crippen LogP contribution in [0.15, 0.2) is 59.7 Å². The second-order valence-electron chi connectivity index (χ2n) is 5.66. The smallest absolute Gasteiger partial charge is 0.329 e. The van der Waals surface area contributed by atoms with Crippen molar-refractivity contribution in [2.45, 2.75) is 26.4 Å². The van der Waals surface area contributed by atoms with Crippen molar-refractivity contribution in [1.82, 2.24) is 10.7 Å². The predicted molar refractivity (Wildman–Crippen MR) is 101 cm³/mol. The molecule has 0 aliphatic carbocycles. The molecule has 2 amide bonds. The zero-order chi connectivity index (χ0) is 18.6. The fourth-order valence-electron chi connectivity index (χ4n) is 2.10. The summed E-state index contributed by atoms with van der Waals surface area (Å²) in [4.78, 5) is 23.1. The molecule has 136 valence electrons. The summed E-state index contributed by atoms with van der Waals surface area (Å²) in [6, 6.07) is 17.2. The quantitative estimate of drug-likeness (QED) is 0.331. The van der Waals surface area contributed by atoms with Crippen molar-refractivity contribution in [3.8, 4) is 5.75 Å². The van der Waals surface area contributed by atoms with E-state index in [0.29, 0.717) is 18.9 Å². The molecular weight excluding hydrogens is 330 g/mol. The van der Waals surface area contributed by atoms with E-state index in [-0.39, 0.29) is 0 Å². The molecule has 0 aliphatic heterocycles. The van der Waals surface area contributed by atoms with Gasteiger partial charge in [0.2, 0.25) is 0 Å². The van der Waals surface area contributed by atoms with Crippen molar-refractivity contribution in [3.05, 3.63) is 65.7 Å². The highest BCUT2D eigenvalue weighted by atomic mass is 16.5. The molecule has 0 aromatic heterocycles. The Labute approximate surface area is 153 Å². The number of hydrogen-bond acceptors (Lipinski definition) is 4. The first-order chi connectivity index (χ1) is 12.7. The number of unbranched alkanes of at least 4 members (excludes halogenated alkanes) is 1. The number of ether oxygens (including phenoxy) is 1. The number of nitrogens with zero attached hydrogens (tertiary/aromatic N) is 1. The normalized spacial score (nSPS) is 10.5. The van der Waals surface area contributed by atoms with Crippen LogP contribution in [-0.4, -0.2) is 24.6 Å². The van der Waals surface area contributed by atoms with Gasteiger partial charge >= 0.3 is 11.8 Å². The number of amides is 2. The molecule has 0 fully saturated rings. The Morgan fingerprint density at radius 1 is 1.08 bits per heavy atom. The number of nitrogens with one attached hydrogen (secondary N) is 2. The molecule has 0 aliphatic rings. The number of carbonyl (C=O) groups excluding carboxylic acids is 2. The Morgan fingerprint density at radius 2 is 1.88 bits per heavy atom. The van der Waals surface area contributed by atoms with Crippen LogP contribution in [-0.2, 0) is 16.2 Å². The van der Waals surface area contributed by atoms with Crippen molar-refractivity contribution in [2.24, 2.45) is 5.10 Å². The van der Waals surface area contributed by atoms with Crippen LogP contribution in [0.2, 0.25) is 0 Å². The van der Waals surface area contributed by atoms with Crippen LogP contribution in [0, 0.1) is 0 Å². The third-order valence-corrected chi connectivity index (χ3v) is 3.51. The van der Waals surface area contributed by atoms with Gasteiger partial charge in [-0.15, -0.1) is 0 Å². The van der Waals surface area contributed by atoms with Crippen molar-refractivity contribution in [2.75, 3.05) is 6.54 Å². The first-order valence-electron chi connectivity index (χ1n) is 8.57. The van der Waals surface area contributed by atoms with Crippen molar-refractivity contribution in [1.29, 1.82) is 0 Å². The molecule has 0 radical (unpaired) electrons. The molecule has 2 N–H and O–H groups in total. The van der Waals surface area contributed by atoms with Gasteiger partial charge in [-0.1, -0.05) is 55.8 Å². The molecule has 2 rings (SSSR count). The molecule has 0 heterocycles. The molecule has 0 bridgehead atoms. The molecule has 0 spiro atoms. The summed E-state index contributed by atoms with van der Waals surface area (Å²) in [7, 11) is 0. The maximum absolute atomic E-state index is 11.6. The van der Waals surface area contributed by atoms with E-state index >= 15 is 0 Å². The molecule has 2 aromatic rings. The lowest BCUT2D eigenvalue weighted by Gasteiger charge is -2.06. The zero-order valence-electron chi connectivity index (χ0n) is 14.8. The van der Waals surface area contributed by atoms with Crippen molar-refractivity contribution < 1.29 is 14.3 Å². The lowest BCUT2D eigenvalue weighted by atomic mass is 10.2. The van der Waals surface area contributed by atoms with Crippen LogP contribution in [0.25, 0.3) is 0 Å². The average molecular weight is 353 g/mol. The highest BCUT2D eigenvalue weighted by molar-refractivity contribution is 6.35. The monoisotopic (exact) mass is 353 g/mol. The van der Waals surface area contributed by atoms with E-state index < -0.39 is 11.8 Å². The van der Waals surface area contributed by atoms with E-state index in [9.17, 15) is 9.59 Å². The van der Waals surface area contributed by atoms with Gasteiger partial charge in [-0.3, -0.25) is 9.59 Å². The molecule has 0 saturated carbocycles. The number of benzene rings is 2. The first kappa shape index (κ1) is 19.2. The highest BCUT2D eigenvalue weighted by Crippen LogP contribution is 2.14. The maximum Gasteiger partial charge on any atom is 0.329 e. The minimum absolute atomic E-state index is 0.468. The minimum atomic E-state index is -0.783. The first-order valence-corrected chi connectivity index (χ1v) is 8.57. The number of rotatable bonds is 8. The van der Waals surface area contributed by atoms with Crippen molar-refractivity contribution >= 4 is 18.0 Å². The maximum atomic E-state index is 11.6. The van der Waals surface area contributed by atoms with Crippen LogP contribution in [0.4, 0.5) is 0 Å². The fraction of sp³-hybridized carbons (Fsp3) is 0.250. The summed E-state index contributed by atoms with van der Waals surface area (Å²) in [5, 5.41) is 6.34. The van der Waals surface area contributed by atoms with E-state index in [0.717, 1.165) is 24.0 Å². The van der Waals surface area contributed by atoms with Gasteiger partial charge in [0.15, 0.2) is 0 Å². The van der Waals surface area contributed by atoms with Gasteiger partial charge in [-0.2, -0.15) is 5.10 Å². The molecule has 26 heavy (non-hydrogen) atoms. The number of hydrazone groups is 1. The summed E-state index contributed by atoms with van der Waals surface area (Å²) >= 11 is 0. The fourth-order valence-corrected chi connectivity index (χ4v) is 2.10. The third-order valence-electron chi connectivity index (χ3n) is 3.51. The van der Waals surface area contributed by atoms with E-state index in [1.54, 1.807) is 6.07 Å². The average Bonchev–Trinajstić information content (AvgIpc) is 2.67. The van der Waals surface area contributed by atoms with E-state index in [4.69, 9.17) is 4.74 Å². The Hall–Kier alpha value is -3.15. The molecule has 6 heteroatoms. The van der Waals surface area contributed by atoms with E-state index in [1.165, 1.54) is 6.21 Å². The van der Waals surface area contributed by atoms with Gasteiger partial charge in [0.05, 0.1) is 6.21 Å². The third kappa shape index (κ3) is 6.76. The lowest BCUT2D eigenvalue weighted by molar-refractivity contribution is -0.139. The Kier molecular flexibility index (Phi) is 7.86. The second-order valence-corrected chi connectivity index (χ2v) is 5.66. The molecule has 0 saturated heterocycles. The molecule has 0 unspecified atom stereocenters. The van der Waals surface area contributed by atoms with Crippen molar-refractivity contribution in [3.63, 3.8) is 0 Å². The second kappa shape index (κ2) is 10.7. The Balaban J connectivity index is 1.82. The van der Waals surface area contributed by atoms with Gasteiger partial charge in [0, 0.05) is 6.54 Å². The van der Waals surface area contributed by atoms with Gasteiger partial charge in [0.1, 0.15) is 12.4 Å². The topological polar surface area (TPSA) is 79.8 Å². The molecule has 0 atom stereocenters. The van der Waals surface area contributed by atoms with Crippen LogP contribution >= 0.6 is 0 Å². The van der Waals surface area contributed by atoms with E-state index in [2.05, 4.69) is 15.8 Å². The summed E-state index contributed by atoms with van der Waals surface area (Å²) in [5.41, 5.74) is 4.04. The van der Waals surface area contributed by atoms with Crippen LogP contribution in [0.3, 0.4) is 0 Å². The summed E-state index contributed by atoms with van der Waals surface area (Å²) in [6.07, 6.45) is 3.24. The van der Waals surface area contributed by atoms with Gasteiger partial charge in [-0.25, -0.2) is 5.43 Å². The largest absolute Gasteiger partial charge is 0.489 e. The van der Waals surface area contributed by atoms with Gasteiger partial charge in [-0.05, 0) is 29.7 Å². The summed E-state index contributed by atoms with van der Waals surface area (Å²) in [6.45, 7) is 2.96. The number of hydrogen-bond donors (Lipinski definition) is 2. The zero-order valence-corrected chi connectivity index (χ0v) is 14.8. The molecule has 6 nitrogen and oxygen atoms in total. The summed E-state index contributed by atoms with van der Waals surface area (Å²) in [5.74, 6) is -0.772. The van der Waals surface area contributed by atoms with Crippen LogP contribution < -0.4 is 15.5 Å². The lowest BCUT2D eigenvalue weighted by Crippen LogP contribution is -2.38. The highest BCUT2D eigenvalue weighted by Gasteiger charge is 2.10. The molecular formula is C20H23N3O3. The SMILES string of the molecule is CCCCNC(=O)C(=O)N/N=C\c1cccc(OCc2ccccc2)c1. The standard InChI is InChI=1S/C20H23N3O3/c1-2-3-12-21-19(24)20(25)23-22-14-17-10-7-11-18(13-17)26-15-16-8-5-4-6-9-16/h4-11,13-14H,2-3,12,15H2,1H3,(H,21,24)(H,23,25)/b22-14-. The number of carbonyl (C=O) groups is 2. The Morgan fingerprint density at radius 3 is 2.65 bits per heavy atom. The van der Waals surface area contributed by atoms with E-state index in [1.807, 2.05) is 55.5 Å². The minimum Gasteiger partial charge on any atom is -0.489 e. The van der Waals surface area contributed by atoms with Crippen LogP contribution in [0.5, 0.6) is 5.75 Å². The predicted octanol–water partition coefficient (Wildman–Crippen LogP) is 2.63. The van der Waals surface area contributed by atoms with Gasteiger partial charge in [0.25, 0.3) is 0 Å². The van der Waals surface area contributed by atoms with Crippen LogP contribution in [0.1, 0.15) is 30.9 Å². The Bertz CT molecular complexity index is 745. The van der Waals surface area contributed by atoms with Gasteiger partial charge < -0.3 is 10.1 Å². The molecule has 2 aromatic carbocycles.